The zero-order chi connectivity index (χ0) is 9.40. The average molecular weight is 268 g/mol. The lowest BCUT2D eigenvalue weighted by Gasteiger charge is -2.22. The van der Waals surface area contributed by atoms with Crippen LogP contribution in [-0.4, -0.2) is 41.5 Å². The minimum absolute atomic E-state index is 0. The van der Waals surface area contributed by atoms with Crippen LogP contribution in [0.1, 0.15) is 6.42 Å². The van der Waals surface area contributed by atoms with E-state index in [0.717, 1.165) is 0 Å². The highest BCUT2D eigenvalue weighted by Gasteiger charge is 2.06. The van der Waals surface area contributed by atoms with Crippen LogP contribution in [0.3, 0.4) is 0 Å². The average Bonchev–Trinajstić information content (AvgIpc) is 2.04. The molecule has 0 rings (SSSR count). The number of halogens is 4. The lowest BCUT2D eigenvalue weighted by molar-refractivity contribution is 0.459. The van der Waals surface area contributed by atoms with Crippen LogP contribution in [0.25, 0.3) is 0 Å². The maximum atomic E-state index is 7.58. The Morgan fingerprint density at radius 3 is 1.77 bits per heavy atom. The van der Waals surface area contributed by atoms with E-state index >= 15 is 0 Å². The summed E-state index contributed by atoms with van der Waals surface area (Å²) in [6, 6.07) is 0. The summed E-state index contributed by atoms with van der Waals surface area (Å²) >= 11 is 16.6. The molecule has 0 aromatic carbocycles. The molecule has 1 N–H and O–H groups in total. The molecule has 0 fully saturated rings. The molecule has 80 valence electrons. The number of nitrogens with zero attached hydrogens (tertiary/aromatic N) is 1. The van der Waals surface area contributed by atoms with Crippen molar-refractivity contribution in [3.8, 4) is 0 Å². The summed E-state index contributed by atoms with van der Waals surface area (Å²) in [4.78, 5) is 1.85. The fourth-order valence-corrected chi connectivity index (χ4v) is 1.42. The van der Waals surface area contributed by atoms with Crippen molar-refractivity contribution >= 4 is 53.0 Å². The van der Waals surface area contributed by atoms with Crippen LogP contribution in [0, 0.1) is 5.41 Å². The van der Waals surface area contributed by atoms with Crippen molar-refractivity contribution < 1.29 is 0 Å². The summed E-state index contributed by atoms with van der Waals surface area (Å²) in [6.45, 7) is 1.34. The molecule has 0 atom stereocenters. The summed E-state index contributed by atoms with van der Waals surface area (Å²) in [5, 5.41) is 7.58. The van der Waals surface area contributed by atoms with Gasteiger partial charge in [-0.2, -0.15) is 0 Å². The van der Waals surface area contributed by atoms with E-state index in [1.165, 1.54) is 0 Å². The number of nitrogens with one attached hydrogen (secondary N) is 1. The Hall–Kier alpha value is 0.630. The van der Waals surface area contributed by atoms with Crippen molar-refractivity contribution in [3.05, 3.63) is 0 Å². The Morgan fingerprint density at radius 2 is 1.46 bits per heavy atom. The van der Waals surface area contributed by atoms with Crippen LogP contribution in [-0.2, 0) is 0 Å². The monoisotopic (exact) mass is 266 g/mol. The Kier molecular flexibility index (Phi) is 13.2. The van der Waals surface area contributed by atoms with Gasteiger partial charge in [-0.25, -0.2) is 0 Å². The van der Waals surface area contributed by atoms with Crippen molar-refractivity contribution in [1.82, 2.24) is 4.90 Å². The summed E-state index contributed by atoms with van der Waals surface area (Å²) < 4.78 is 0. The molecule has 0 bridgehead atoms. The molecule has 0 unspecified atom stereocenters. The van der Waals surface area contributed by atoms with Gasteiger partial charge in [0.05, 0.1) is 5.84 Å². The molecular weight excluding hydrogens is 254 g/mol. The molecular formula is C7H14Cl4N2. The molecule has 2 nitrogen and oxygen atoms in total. The summed E-state index contributed by atoms with van der Waals surface area (Å²) in [5.74, 6) is 2.02. The predicted octanol–water partition coefficient (Wildman–Crippen LogP) is 2.79. The Labute approximate surface area is 100 Å². The maximum Gasteiger partial charge on any atom is 0.0970 e. The highest BCUT2D eigenvalue weighted by Crippen LogP contribution is 1.98. The lowest BCUT2D eigenvalue weighted by atomic mass is 10.3. The van der Waals surface area contributed by atoms with E-state index in [9.17, 15) is 0 Å². The predicted molar refractivity (Wildman–Crippen MR) is 63.3 cm³/mol. The van der Waals surface area contributed by atoms with Gasteiger partial charge in [0.1, 0.15) is 0 Å². The number of rotatable bonds is 6. The van der Waals surface area contributed by atoms with E-state index in [4.69, 9.17) is 40.2 Å². The Morgan fingerprint density at radius 1 is 1.00 bits per heavy atom. The number of amidine groups is 1. The zero-order valence-electron chi connectivity index (χ0n) is 7.23. The number of hydrogen-bond acceptors (Lipinski definition) is 1. The molecule has 0 aromatic rings. The van der Waals surface area contributed by atoms with Gasteiger partial charge in [-0.15, -0.1) is 47.2 Å². The number of hydrogen-bond donors (Lipinski definition) is 1. The lowest BCUT2D eigenvalue weighted by Crippen LogP contribution is -2.34. The molecule has 0 aliphatic heterocycles. The SMILES string of the molecule is Cl.N=C(CCCl)N(CCCl)CCCl. The van der Waals surface area contributed by atoms with Crippen molar-refractivity contribution in [2.45, 2.75) is 6.42 Å². The van der Waals surface area contributed by atoms with Crippen LogP contribution in [0.4, 0.5) is 0 Å². The third-order valence-corrected chi connectivity index (χ3v) is 1.95. The molecule has 0 amide bonds. The smallest absolute Gasteiger partial charge is 0.0970 e. The van der Waals surface area contributed by atoms with Crippen molar-refractivity contribution in [3.63, 3.8) is 0 Å². The molecule has 0 aliphatic carbocycles. The second-order valence-corrected chi connectivity index (χ2v) is 3.38. The molecule has 0 spiro atoms. The second kappa shape index (κ2) is 10.7. The van der Waals surface area contributed by atoms with Crippen LogP contribution in [0.15, 0.2) is 0 Å². The van der Waals surface area contributed by atoms with Crippen LogP contribution >= 0.6 is 47.2 Å². The Balaban J connectivity index is 0. The first-order valence-corrected chi connectivity index (χ1v) is 5.36. The maximum absolute atomic E-state index is 7.58. The van der Waals surface area contributed by atoms with E-state index in [2.05, 4.69) is 0 Å². The van der Waals surface area contributed by atoms with E-state index in [-0.39, 0.29) is 12.4 Å². The Bertz CT molecular complexity index is 126. The molecule has 6 heteroatoms. The van der Waals surface area contributed by atoms with Gasteiger partial charge in [-0.05, 0) is 0 Å². The summed E-state index contributed by atoms with van der Waals surface area (Å²) in [5.41, 5.74) is 0. The van der Waals surface area contributed by atoms with Crippen LogP contribution < -0.4 is 0 Å². The molecule has 13 heavy (non-hydrogen) atoms. The minimum Gasteiger partial charge on any atom is -0.358 e. The molecule has 0 aliphatic rings. The van der Waals surface area contributed by atoms with Gasteiger partial charge in [-0.3, -0.25) is 5.41 Å². The number of alkyl halides is 3. The standard InChI is InChI=1S/C7H13Cl3N2.ClH/c8-2-1-7(11)12(5-3-9)6-4-10;/h11H,1-6H2;1H. The van der Waals surface area contributed by atoms with E-state index in [1.807, 2.05) is 4.90 Å². The van der Waals surface area contributed by atoms with Gasteiger partial charge in [0.25, 0.3) is 0 Å². The van der Waals surface area contributed by atoms with Gasteiger partial charge >= 0.3 is 0 Å². The van der Waals surface area contributed by atoms with Crippen molar-refractivity contribution in [1.29, 1.82) is 5.41 Å². The van der Waals surface area contributed by atoms with Gasteiger partial charge in [-0.1, -0.05) is 0 Å². The van der Waals surface area contributed by atoms with Crippen LogP contribution in [0.2, 0.25) is 0 Å². The molecule has 0 saturated carbocycles. The topological polar surface area (TPSA) is 27.1 Å². The largest absolute Gasteiger partial charge is 0.358 e. The van der Waals surface area contributed by atoms with Crippen molar-refractivity contribution in [2.75, 3.05) is 30.7 Å². The highest BCUT2D eigenvalue weighted by molar-refractivity contribution is 6.19. The molecule has 0 radical (unpaired) electrons. The minimum atomic E-state index is 0. The molecule has 0 heterocycles. The second-order valence-electron chi connectivity index (χ2n) is 2.25. The van der Waals surface area contributed by atoms with Gasteiger partial charge in [0, 0.05) is 37.2 Å². The molecule has 0 aromatic heterocycles. The fourth-order valence-electron chi connectivity index (χ4n) is 0.833. The fraction of sp³-hybridized carbons (Fsp3) is 0.857. The van der Waals surface area contributed by atoms with Gasteiger partial charge in [0.2, 0.25) is 0 Å². The third kappa shape index (κ3) is 7.68. The van der Waals surface area contributed by atoms with E-state index in [0.29, 0.717) is 43.0 Å². The first-order chi connectivity index (χ1) is 5.76. The van der Waals surface area contributed by atoms with Gasteiger partial charge in [0.15, 0.2) is 0 Å². The highest BCUT2D eigenvalue weighted by atomic mass is 35.5. The molecule has 0 saturated heterocycles. The zero-order valence-corrected chi connectivity index (χ0v) is 10.3. The summed E-state index contributed by atoms with van der Waals surface area (Å²) in [7, 11) is 0. The van der Waals surface area contributed by atoms with Crippen LogP contribution in [0.5, 0.6) is 0 Å². The normalized spacial score (nSPS) is 9.15. The first kappa shape index (κ1) is 16.1. The van der Waals surface area contributed by atoms with E-state index < -0.39 is 0 Å². The third-order valence-electron chi connectivity index (χ3n) is 1.42. The van der Waals surface area contributed by atoms with Crippen molar-refractivity contribution in [2.24, 2.45) is 0 Å². The quantitative estimate of drug-likeness (QED) is 0.447. The van der Waals surface area contributed by atoms with E-state index in [1.54, 1.807) is 0 Å². The van der Waals surface area contributed by atoms with Gasteiger partial charge < -0.3 is 4.90 Å². The first-order valence-electron chi connectivity index (χ1n) is 3.76. The summed E-state index contributed by atoms with van der Waals surface area (Å²) in [6.07, 6.45) is 0.579.